The van der Waals surface area contributed by atoms with E-state index in [0.29, 0.717) is 56.9 Å². The van der Waals surface area contributed by atoms with Gasteiger partial charge in [-0.3, -0.25) is 19.6 Å². The van der Waals surface area contributed by atoms with Gasteiger partial charge < -0.3 is 14.5 Å². The Morgan fingerprint density at radius 2 is 1.94 bits per heavy atom. The number of likely N-dealkylation sites (tertiary alicyclic amines) is 1. The molecule has 3 heterocycles. The summed E-state index contributed by atoms with van der Waals surface area (Å²) in [5.74, 6) is 0.128. The molecule has 2 amide bonds. The summed E-state index contributed by atoms with van der Waals surface area (Å²) in [6.07, 6.45) is 2.87. The fraction of sp³-hybridized carbons (Fsp3) is 0.500. The largest absolute Gasteiger partial charge is 0.490 e. The van der Waals surface area contributed by atoms with Gasteiger partial charge in [-0.15, -0.1) is 0 Å². The third-order valence-corrected chi connectivity index (χ3v) is 6.13. The number of piperazine rings is 1. The van der Waals surface area contributed by atoms with Crippen molar-refractivity contribution in [2.24, 2.45) is 0 Å². The van der Waals surface area contributed by atoms with E-state index in [9.17, 15) is 14.0 Å². The summed E-state index contributed by atoms with van der Waals surface area (Å²) in [4.78, 5) is 31.7. The summed E-state index contributed by atoms with van der Waals surface area (Å²) < 4.78 is 19.2. The third kappa shape index (κ3) is 4.71. The van der Waals surface area contributed by atoms with Crippen LogP contribution in [0, 0.1) is 12.7 Å². The molecular formula is C22H28FN5O3. The minimum absolute atomic E-state index is 0.0353. The Morgan fingerprint density at radius 3 is 2.61 bits per heavy atom. The Labute approximate surface area is 180 Å². The number of ether oxygens (including phenoxy) is 1. The van der Waals surface area contributed by atoms with Gasteiger partial charge in [0, 0.05) is 57.3 Å². The maximum Gasteiger partial charge on any atom is 0.257 e. The Bertz CT molecular complexity index is 941. The van der Waals surface area contributed by atoms with Crippen LogP contribution in [0.3, 0.4) is 0 Å². The summed E-state index contributed by atoms with van der Waals surface area (Å²) in [5.41, 5.74) is 1.28. The van der Waals surface area contributed by atoms with Crippen molar-refractivity contribution in [3.05, 3.63) is 47.5 Å². The number of amides is 2. The average molecular weight is 429 g/mol. The maximum atomic E-state index is 13.4. The first-order valence-electron chi connectivity index (χ1n) is 10.6. The molecule has 1 aromatic heterocycles. The van der Waals surface area contributed by atoms with Crippen LogP contribution < -0.4 is 4.74 Å². The lowest BCUT2D eigenvalue weighted by molar-refractivity contribution is -0.140. The number of nitrogens with zero attached hydrogens (tertiary/aromatic N) is 4. The summed E-state index contributed by atoms with van der Waals surface area (Å²) in [7, 11) is 1.92. The van der Waals surface area contributed by atoms with Crippen molar-refractivity contribution in [2.75, 3.05) is 39.8 Å². The van der Waals surface area contributed by atoms with E-state index in [0.717, 1.165) is 5.69 Å². The summed E-state index contributed by atoms with van der Waals surface area (Å²) >= 11 is 0. The van der Waals surface area contributed by atoms with Crippen LogP contribution in [0.2, 0.25) is 0 Å². The van der Waals surface area contributed by atoms with E-state index in [1.165, 1.54) is 18.3 Å². The number of likely N-dealkylation sites (N-methyl/N-ethyl adjacent to an activating group) is 1. The fourth-order valence-electron chi connectivity index (χ4n) is 4.20. The monoisotopic (exact) mass is 429 g/mol. The highest BCUT2D eigenvalue weighted by atomic mass is 19.1. The average Bonchev–Trinajstić information content (AvgIpc) is 3.19. The second-order valence-electron chi connectivity index (χ2n) is 8.26. The van der Waals surface area contributed by atoms with Gasteiger partial charge in [-0.1, -0.05) is 6.07 Å². The predicted octanol–water partition coefficient (Wildman–Crippen LogP) is 1.68. The van der Waals surface area contributed by atoms with Crippen LogP contribution in [0.15, 0.2) is 30.5 Å². The Hall–Kier alpha value is -2.94. The lowest BCUT2D eigenvalue weighted by Gasteiger charge is -2.42. The fourth-order valence-corrected chi connectivity index (χ4v) is 4.20. The first-order valence-corrected chi connectivity index (χ1v) is 10.6. The van der Waals surface area contributed by atoms with Gasteiger partial charge >= 0.3 is 0 Å². The molecule has 166 valence electrons. The molecule has 0 bridgehead atoms. The number of halogens is 1. The zero-order valence-corrected chi connectivity index (χ0v) is 17.9. The molecule has 2 saturated heterocycles. The molecule has 31 heavy (non-hydrogen) atoms. The zero-order chi connectivity index (χ0) is 22.0. The number of hydrogen-bond donors (Lipinski definition) is 1. The number of aryl methyl sites for hydroxylation is 1. The van der Waals surface area contributed by atoms with E-state index in [2.05, 4.69) is 10.2 Å². The molecule has 1 aromatic carbocycles. The molecule has 2 aromatic rings. The summed E-state index contributed by atoms with van der Waals surface area (Å²) in [6.45, 7) is 4.55. The van der Waals surface area contributed by atoms with Crippen LogP contribution in [-0.4, -0.2) is 88.6 Å². The lowest BCUT2D eigenvalue weighted by atomic mass is 10.0. The number of aromatic nitrogens is 2. The maximum absolute atomic E-state index is 13.4. The minimum Gasteiger partial charge on any atom is -0.490 e. The number of benzene rings is 1. The van der Waals surface area contributed by atoms with E-state index >= 15 is 0 Å². The molecule has 4 rings (SSSR count). The molecule has 9 heteroatoms. The second kappa shape index (κ2) is 9.05. The van der Waals surface area contributed by atoms with Crippen molar-refractivity contribution >= 4 is 11.8 Å². The quantitative estimate of drug-likeness (QED) is 0.800. The molecule has 0 saturated carbocycles. The van der Waals surface area contributed by atoms with E-state index in [1.54, 1.807) is 17.0 Å². The molecule has 0 unspecified atom stereocenters. The van der Waals surface area contributed by atoms with Gasteiger partial charge in [0.2, 0.25) is 5.91 Å². The van der Waals surface area contributed by atoms with Gasteiger partial charge in [-0.05, 0) is 26.1 Å². The molecule has 1 N–H and O–H groups in total. The standard InChI is InChI=1S/C22H28FN5O3/c1-15-19(13-24-25-15)21(29)28-11-10-26(2)20(14-28)22(30)27-8-6-17(7-9-27)31-18-5-3-4-16(23)12-18/h3-5,12-13,17,20H,6-11,14H2,1-2H3,(H,24,25)/t20-/m0/s1. The Balaban J connectivity index is 1.34. The number of H-pyrrole nitrogens is 1. The Kier molecular flexibility index (Phi) is 6.22. The van der Waals surface area contributed by atoms with Gasteiger partial charge in [0.1, 0.15) is 23.7 Å². The van der Waals surface area contributed by atoms with Gasteiger partial charge in [-0.2, -0.15) is 5.10 Å². The second-order valence-corrected chi connectivity index (χ2v) is 8.26. The number of rotatable bonds is 4. The van der Waals surface area contributed by atoms with E-state index in [4.69, 9.17) is 4.74 Å². The van der Waals surface area contributed by atoms with Crippen molar-refractivity contribution in [3.8, 4) is 5.75 Å². The number of hydrogen-bond acceptors (Lipinski definition) is 5. The molecule has 2 aliphatic rings. The molecule has 0 spiro atoms. The molecule has 0 aliphatic carbocycles. The third-order valence-electron chi connectivity index (χ3n) is 6.13. The number of aromatic amines is 1. The van der Waals surface area contributed by atoms with Gasteiger partial charge in [0.15, 0.2) is 0 Å². The smallest absolute Gasteiger partial charge is 0.257 e. The molecule has 2 aliphatic heterocycles. The minimum atomic E-state index is -0.370. The van der Waals surface area contributed by atoms with Crippen LogP contribution >= 0.6 is 0 Å². The van der Waals surface area contributed by atoms with Crippen LogP contribution in [0.4, 0.5) is 4.39 Å². The van der Waals surface area contributed by atoms with E-state index in [1.807, 2.05) is 23.8 Å². The van der Waals surface area contributed by atoms with Crippen LogP contribution in [-0.2, 0) is 4.79 Å². The van der Waals surface area contributed by atoms with Gasteiger partial charge in [0.25, 0.3) is 5.91 Å². The first kappa shape index (κ1) is 21.3. The van der Waals surface area contributed by atoms with Crippen molar-refractivity contribution < 1.29 is 18.7 Å². The topological polar surface area (TPSA) is 81.8 Å². The van der Waals surface area contributed by atoms with Crippen LogP contribution in [0.25, 0.3) is 0 Å². The van der Waals surface area contributed by atoms with E-state index in [-0.39, 0.29) is 29.8 Å². The molecule has 0 radical (unpaired) electrons. The van der Waals surface area contributed by atoms with Crippen LogP contribution in [0.1, 0.15) is 28.9 Å². The number of carbonyl (C=O) groups excluding carboxylic acids is 2. The SMILES string of the molecule is Cc1[nH]ncc1C(=O)N1CCN(C)[C@H](C(=O)N2CCC(Oc3cccc(F)c3)CC2)C1. The van der Waals surface area contributed by atoms with Crippen LogP contribution in [0.5, 0.6) is 5.75 Å². The highest BCUT2D eigenvalue weighted by molar-refractivity contribution is 5.95. The van der Waals surface area contributed by atoms with Crippen molar-refractivity contribution in [1.82, 2.24) is 24.9 Å². The normalized spacial score (nSPS) is 20.7. The van der Waals surface area contributed by atoms with Crippen molar-refractivity contribution in [2.45, 2.75) is 31.9 Å². The number of nitrogens with one attached hydrogen (secondary N) is 1. The molecule has 1 atom stereocenters. The Morgan fingerprint density at radius 1 is 1.16 bits per heavy atom. The number of piperidine rings is 1. The predicted molar refractivity (Wildman–Crippen MR) is 112 cm³/mol. The molecular weight excluding hydrogens is 401 g/mol. The molecule has 2 fully saturated rings. The van der Waals surface area contributed by atoms with Gasteiger partial charge in [0.05, 0.1) is 11.8 Å². The van der Waals surface area contributed by atoms with Crippen molar-refractivity contribution in [1.29, 1.82) is 0 Å². The zero-order valence-electron chi connectivity index (χ0n) is 17.9. The first-order chi connectivity index (χ1) is 14.9. The molecule has 8 nitrogen and oxygen atoms in total. The highest BCUT2D eigenvalue weighted by Gasteiger charge is 2.36. The highest BCUT2D eigenvalue weighted by Crippen LogP contribution is 2.22. The summed E-state index contributed by atoms with van der Waals surface area (Å²) in [6, 6.07) is 5.76. The van der Waals surface area contributed by atoms with E-state index < -0.39 is 0 Å². The number of carbonyl (C=O) groups is 2. The lowest BCUT2D eigenvalue weighted by Crippen LogP contribution is -2.60. The summed E-state index contributed by atoms with van der Waals surface area (Å²) in [5, 5.41) is 6.72. The van der Waals surface area contributed by atoms with Gasteiger partial charge in [-0.25, -0.2) is 4.39 Å². The van der Waals surface area contributed by atoms with Crippen molar-refractivity contribution in [3.63, 3.8) is 0 Å².